The second kappa shape index (κ2) is 3.28. The summed E-state index contributed by atoms with van der Waals surface area (Å²) in [5.41, 5.74) is 5.46. The number of hydrogen-bond acceptors (Lipinski definition) is 3. The molecule has 0 heterocycles. The van der Waals surface area contributed by atoms with E-state index in [0.29, 0.717) is 0 Å². The number of phenols is 2. The van der Waals surface area contributed by atoms with Crippen molar-refractivity contribution in [2.45, 2.75) is 6.54 Å². The van der Waals surface area contributed by atoms with E-state index in [1.54, 1.807) is 0 Å². The van der Waals surface area contributed by atoms with Crippen molar-refractivity contribution in [2.75, 3.05) is 0 Å². The standard InChI is InChI=1S/C7H7BrFNO2/c8-5-6(11)3(2-10)1-4(9)7(5)12/h1,11-12H,2,10H2. The van der Waals surface area contributed by atoms with Crippen molar-refractivity contribution >= 4 is 15.9 Å². The van der Waals surface area contributed by atoms with Crippen LogP contribution in [-0.4, -0.2) is 10.2 Å². The lowest BCUT2D eigenvalue weighted by Crippen LogP contribution is -1.98. The third kappa shape index (κ3) is 1.37. The van der Waals surface area contributed by atoms with Crippen LogP contribution in [0.25, 0.3) is 0 Å². The van der Waals surface area contributed by atoms with Gasteiger partial charge in [-0.25, -0.2) is 4.39 Å². The molecule has 1 aromatic carbocycles. The molecule has 0 aliphatic heterocycles. The first-order valence-electron chi connectivity index (χ1n) is 3.16. The zero-order valence-corrected chi connectivity index (χ0v) is 7.60. The number of benzene rings is 1. The number of rotatable bonds is 1. The van der Waals surface area contributed by atoms with Crippen LogP contribution in [0.2, 0.25) is 0 Å². The fourth-order valence-corrected chi connectivity index (χ4v) is 1.25. The summed E-state index contributed by atoms with van der Waals surface area (Å²) in [5, 5.41) is 18.2. The molecule has 0 saturated heterocycles. The molecule has 0 unspecified atom stereocenters. The third-order valence-electron chi connectivity index (χ3n) is 1.47. The highest BCUT2D eigenvalue weighted by atomic mass is 79.9. The molecule has 0 atom stereocenters. The van der Waals surface area contributed by atoms with Gasteiger partial charge in [0, 0.05) is 12.1 Å². The fraction of sp³-hybridized carbons (Fsp3) is 0.143. The molecule has 3 nitrogen and oxygen atoms in total. The molecular weight excluding hydrogens is 229 g/mol. The van der Waals surface area contributed by atoms with Gasteiger partial charge in [-0.05, 0) is 22.0 Å². The van der Waals surface area contributed by atoms with E-state index in [4.69, 9.17) is 10.8 Å². The molecular formula is C7H7BrFNO2. The highest BCUT2D eigenvalue weighted by Crippen LogP contribution is 2.37. The average Bonchev–Trinajstić information content (AvgIpc) is 2.08. The summed E-state index contributed by atoms with van der Waals surface area (Å²) in [6.45, 7) is 0.0155. The van der Waals surface area contributed by atoms with Crippen LogP contribution in [0.5, 0.6) is 11.5 Å². The molecule has 0 aliphatic carbocycles. The van der Waals surface area contributed by atoms with E-state index in [0.717, 1.165) is 6.07 Å². The maximum atomic E-state index is 12.8. The van der Waals surface area contributed by atoms with Gasteiger partial charge >= 0.3 is 0 Å². The van der Waals surface area contributed by atoms with Crippen molar-refractivity contribution in [3.05, 3.63) is 21.9 Å². The highest BCUT2D eigenvalue weighted by Gasteiger charge is 2.13. The quantitative estimate of drug-likeness (QED) is 0.691. The van der Waals surface area contributed by atoms with Gasteiger partial charge in [0.1, 0.15) is 10.2 Å². The van der Waals surface area contributed by atoms with Crippen molar-refractivity contribution in [2.24, 2.45) is 5.73 Å². The largest absolute Gasteiger partial charge is 0.506 e. The topological polar surface area (TPSA) is 66.5 Å². The van der Waals surface area contributed by atoms with Gasteiger partial charge in [0.2, 0.25) is 0 Å². The van der Waals surface area contributed by atoms with Crippen LogP contribution >= 0.6 is 15.9 Å². The summed E-state index contributed by atoms with van der Waals surface area (Å²) in [6.07, 6.45) is 0. The Kier molecular flexibility index (Phi) is 2.54. The lowest BCUT2D eigenvalue weighted by Gasteiger charge is -2.06. The summed E-state index contributed by atoms with van der Waals surface area (Å²) in [5.74, 6) is -1.64. The molecule has 66 valence electrons. The van der Waals surface area contributed by atoms with Gasteiger partial charge in [0.25, 0.3) is 0 Å². The molecule has 5 heteroatoms. The van der Waals surface area contributed by atoms with Gasteiger partial charge in [-0.3, -0.25) is 0 Å². The molecule has 0 radical (unpaired) electrons. The molecule has 0 bridgehead atoms. The molecule has 0 saturated carbocycles. The number of halogens is 2. The van der Waals surface area contributed by atoms with E-state index in [2.05, 4.69) is 15.9 Å². The predicted molar refractivity (Wildman–Crippen MR) is 45.3 cm³/mol. The number of aromatic hydroxyl groups is 2. The predicted octanol–water partition coefficient (Wildman–Crippen LogP) is 1.46. The Morgan fingerprint density at radius 1 is 1.42 bits per heavy atom. The van der Waals surface area contributed by atoms with E-state index in [1.165, 1.54) is 0 Å². The van der Waals surface area contributed by atoms with Crippen LogP contribution < -0.4 is 5.73 Å². The van der Waals surface area contributed by atoms with E-state index in [1.807, 2.05) is 0 Å². The Labute approximate surface area is 76.8 Å². The lowest BCUT2D eigenvalue weighted by molar-refractivity contribution is 0.410. The molecule has 0 spiro atoms. The molecule has 0 aliphatic rings. The van der Waals surface area contributed by atoms with Crippen molar-refractivity contribution in [3.63, 3.8) is 0 Å². The summed E-state index contributed by atoms with van der Waals surface area (Å²) < 4.78 is 12.7. The third-order valence-corrected chi connectivity index (χ3v) is 2.22. The fourth-order valence-electron chi connectivity index (χ4n) is 0.803. The van der Waals surface area contributed by atoms with Crippen LogP contribution in [-0.2, 0) is 6.54 Å². The van der Waals surface area contributed by atoms with E-state index < -0.39 is 11.6 Å². The first kappa shape index (κ1) is 9.28. The molecule has 1 rings (SSSR count). The van der Waals surface area contributed by atoms with Gasteiger partial charge in [0.05, 0.1) is 0 Å². The van der Waals surface area contributed by atoms with Crippen LogP contribution in [0.3, 0.4) is 0 Å². The SMILES string of the molecule is NCc1cc(F)c(O)c(Br)c1O. The zero-order chi connectivity index (χ0) is 9.30. The van der Waals surface area contributed by atoms with Crippen LogP contribution in [0.15, 0.2) is 10.5 Å². The van der Waals surface area contributed by atoms with Gasteiger partial charge in [-0.1, -0.05) is 0 Å². The van der Waals surface area contributed by atoms with Gasteiger partial charge in [-0.15, -0.1) is 0 Å². The normalized spacial score (nSPS) is 10.2. The van der Waals surface area contributed by atoms with Crippen LogP contribution in [0.1, 0.15) is 5.56 Å². The summed E-state index contributed by atoms with van der Waals surface area (Å²) in [7, 11) is 0. The zero-order valence-electron chi connectivity index (χ0n) is 6.01. The first-order chi connectivity index (χ1) is 5.57. The highest BCUT2D eigenvalue weighted by molar-refractivity contribution is 9.10. The molecule has 0 aromatic heterocycles. The minimum atomic E-state index is -0.805. The summed E-state index contributed by atoms with van der Waals surface area (Å²) in [4.78, 5) is 0. The van der Waals surface area contributed by atoms with Crippen molar-refractivity contribution < 1.29 is 14.6 Å². The number of phenolic OH excluding ortho intramolecular Hbond substituents is 2. The Morgan fingerprint density at radius 2 is 2.00 bits per heavy atom. The first-order valence-corrected chi connectivity index (χ1v) is 3.96. The van der Waals surface area contributed by atoms with E-state index in [-0.39, 0.29) is 22.3 Å². The Morgan fingerprint density at radius 3 is 2.50 bits per heavy atom. The number of hydrogen-bond donors (Lipinski definition) is 3. The Hall–Kier alpha value is -0.810. The van der Waals surface area contributed by atoms with Crippen LogP contribution in [0.4, 0.5) is 4.39 Å². The van der Waals surface area contributed by atoms with Crippen molar-refractivity contribution in [3.8, 4) is 11.5 Å². The second-order valence-electron chi connectivity index (χ2n) is 2.23. The monoisotopic (exact) mass is 235 g/mol. The minimum Gasteiger partial charge on any atom is -0.506 e. The molecule has 12 heavy (non-hydrogen) atoms. The average molecular weight is 236 g/mol. The lowest BCUT2D eigenvalue weighted by atomic mass is 10.2. The molecule has 0 amide bonds. The Bertz CT molecular complexity index is 317. The van der Waals surface area contributed by atoms with Gasteiger partial charge < -0.3 is 15.9 Å². The Balaban J connectivity index is 3.39. The maximum Gasteiger partial charge on any atom is 0.169 e. The molecule has 1 aromatic rings. The van der Waals surface area contributed by atoms with E-state index in [9.17, 15) is 9.50 Å². The molecule has 4 N–H and O–H groups in total. The summed E-state index contributed by atoms with van der Waals surface area (Å²) >= 11 is 2.83. The number of nitrogens with two attached hydrogens (primary N) is 1. The smallest absolute Gasteiger partial charge is 0.169 e. The summed E-state index contributed by atoms with van der Waals surface area (Å²) in [6, 6.07) is 0.995. The second-order valence-corrected chi connectivity index (χ2v) is 3.03. The van der Waals surface area contributed by atoms with E-state index >= 15 is 0 Å². The van der Waals surface area contributed by atoms with Gasteiger partial charge in [-0.2, -0.15) is 0 Å². The maximum absolute atomic E-state index is 12.8. The van der Waals surface area contributed by atoms with Crippen molar-refractivity contribution in [1.29, 1.82) is 0 Å². The minimum absolute atomic E-state index is 0.0155. The van der Waals surface area contributed by atoms with Crippen molar-refractivity contribution in [1.82, 2.24) is 0 Å². The van der Waals surface area contributed by atoms with Crippen LogP contribution in [0, 0.1) is 5.82 Å². The van der Waals surface area contributed by atoms with Gasteiger partial charge in [0.15, 0.2) is 11.6 Å². The molecule has 0 fully saturated rings.